The zero-order valence-corrected chi connectivity index (χ0v) is 39.1. The van der Waals surface area contributed by atoms with E-state index in [9.17, 15) is 0 Å². The van der Waals surface area contributed by atoms with Crippen LogP contribution in [0, 0.1) is 0 Å². The number of halogens is 2. The SMILES string of the molecule is C[C]1=[C]([Zr])C=[CH][BiH]1.Cl.Cl.O=P(c1ccccc1)(c1ccccc1)C(P(=O)(c1ccccc1)c1ccccc1)P(=O)(c1ccccc1)c1ccccc1. The molecule has 52 heavy (non-hydrogen) atoms. The van der Waals surface area contributed by atoms with E-state index >= 15 is 13.7 Å². The van der Waals surface area contributed by atoms with Crippen LogP contribution in [0.4, 0.5) is 0 Å². The van der Waals surface area contributed by atoms with Gasteiger partial charge in [-0.2, -0.15) is 0 Å². The van der Waals surface area contributed by atoms with Crippen molar-refractivity contribution in [2.24, 2.45) is 0 Å². The minimum absolute atomic E-state index is 0. The molecule has 6 aromatic rings. The standard InChI is InChI=1S/C37H31O3P3.C5H5.Bi.2ClH.Zr.H/c38-41(31-19-7-1-8-20-31,32-21-9-2-10-22-32)37(42(39,33-23-11-3-12-24-33)34-25-13-4-14-26-34)43(40,35-27-15-5-16-28-35)36-29-17-6-18-30-36;1-3-5-4-2;;;;;/h1-30,37H;1,3H,2H3;;2*1H;;. The van der Waals surface area contributed by atoms with E-state index in [2.05, 4.69) is 16.8 Å². The third-order valence-electron chi connectivity index (χ3n) is 8.77. The van der Waals surface area contributed by atoms with Crippen LogP contribution in [0.15, 0.2) is 198 Å². The number of benzene rings is 6. The topological polar surface area (TPSA) is 51.2 Å². The van der Waals surface area contributed by atoms with Crippen molar-refractivity contribution in [3.05, 3.63) is 198 Å². The van der Waals surface area contributed by atoms with E-state index in [1.54, 1.807) is 31.3 Å². The van der Waals surface area contributed by atoms with Crippen molar-refractivity contribution in [2.45, 2.75) is 12.1 Å². The zero-order chi connectivity index (χ0) is 35.0. The molecule has 0 fully saturated rings. The Morgan fingerprint density at radius 1 is 0.423 bits per heavy atom. The number of hydrogen-bond acceptors (Lipinski definition) is 3. The minimum atomic E-state index is -3.97. The van der Waals surface area contributed by atoms with Gasteiger partial charge in [0.05, 0.1) is 0 Å². The van der Waals surface area contributed by atoms with E-state index in [0.717, 1.165) is 0 Å². The smallest absolute Gasteiger partial charge is 0.161 e. The van der Waals surface area contributed by atoms with Gasteiger partial charge in [0.2, 0.25) is 0 Å². The Hall–Kier alpha value is -2.16. The van der Waals surface area contributed by atoms with Crippen LogP contribution in [0.3, 0.4) is 0 Å². The predicted molar refractivity (Wildman–Crippen MR) is 227 cm³/mol. The molecule has 0 atom stereocenters. The van der Waals surface area contributed by atoms with Gasteiger partial charge in [-0.05, 0) is 0 Å². The first-order chi connectivity index (χ1) is 24.3. The molecule has 1 aliphatic heterocycles. The molecule has 0 spiro atoms. The van der Waals surface area contributed by atoms with Crippen LogP contribution in [-0.2, 0) is 38.4 Å². The van der Waals surface area contributed by atoms with Crippen LogP contribution in [0.2, 0.25) is 0 Å². The van der Waals surface area contributed by atoms with Gasteiger partial charge in [-0.25, -0.2) is 0 Å². The Kier molecular flexibility index (Phi) is 15.9. The number of rotatable bonds is 9. The summed E-state index contributed by atoms with van der Waals surface area (Å²) in [4.78, 5) is 0. The summed E-state index contributed by atoms with van der Waals surface area (Å²) >= 11 is 1.32. The van der Waals surface area contributed by atoms with Gasteiger partial charge in [0, 0.05) is 31.8 Å². The van der Waals surface area contributed by atoms with Gasteiger partial charge in [-0.15, -0.1) is 24.8 Å². The normalized spacial score (nSPS) is 12.6. The Labute approximate surface area is 346 Å². The number of allylic oxidation sites excluding steroid dienone is 3. The molecule has 3 nitrogen and oxygen atoms in total. The Bertz CT molecular complexity index is 1880. The molecule has 0 amide bonds. The van der Waals surface area contributed by atoms with Crippen LogP contribution in [0.5, 0.6) is 0 Å². The second kappa shape index (κ2) is 19.4. The molecule has 0 saturated carbocycles. The van der Waals surface area contributed by atoms with Crippen molar-refractivity contribution in [1.82, 2.24) is 0 Å². The van der Waals surface area contributed by atoms with Crippen LogP contribution >= 0.6 is 46.2 Å². The van der Waals surface area contributed by atoms with E-state index in [1.165, 1.54) is 0 Å². The molecule has 0 aliphatic carbocycles. The summed E-state index contributed by atoms with van der Waals surface area (Å²) in [5.74, 6) is 0. The maximum Gasteiger partial charge on any atom is 0.161 e. The zero-order valence-electron chi connectivity index (χ0n) is 28.4. The summed E-state index contributed by atoms with van der Waals surface area (Å²) in [6.07, 6.45) is 2.30. The predicted octanol–water partition coefficient (Wildman–Crippen LogP) is 8.88. The summed E-state index contributed by atoms with van der Waals surface area (Å²) in [7, 11) is -11.9. The molecular formula is C42H39BiCl2O3P3Zr. The van der Waals surface area contributed by atoms with Crippen molar-refractivity contribution in [3.63, 3.8) is 0 Å². The largest absolute Gasteiger partial charge is 0.312 e. The maximum atomic E-state index is 16.6. The molecular weight excluding hydrogens is 1020 g/mol. The van der Waals surface area contributed by atoms with Gasteiger partial charge in [-0.1, -0.05) is 182 Å². The first-order valence-corrected chi connectivity index (χ1v) is 27.0. The molecule has 7 rings (SSSR count). The van der Waals surface area contributed by atoms with Crippen LogP contribution < -0.4 is 31.8 Å². The van der Waals surface area contributed by atoms with Gasteiger partial charge in [0.25, 0.3) is 0 Å². The van der Waals surface area contributed by atoms with Crippen LogP contribution in [0.25, 0.3) is 0 Å². The summed E-state index contributed by atoms with van der Waals surface area (Å²) < 4.78 is 55.5. The third-order valence-corrected chi connectivity index (χ3v) is 30.7. The molecule has 0 unspecified atom stereocenters. The first-order valence-electron chi connectivity index (χ1n) is 16.3. The van der Waals surface area contributed by atoms with E-state index in [1.807, 2.05) is 182 Å². The first kappa shape index (κ1) is 42.6. The second-order valence-electron chi connectivity index (χ2n) is 11.9. The summed E-state index contributed by atoms with van der Waals surface area (Å²) in [6.45, 7) is 2.28. The van der Waals surface area contributed by atoms with Gasteiger partial charge in [0.15, 0.2) is 21.4 Å². The summed E-state index contributed by atoms with van der Waals surface area (Å²) in [6, 6.07) is 55.2. The Morgan fingerprint density at radius 3 is 0.769 bits per heavy atom. The van der Waals surface area contributed by atoms with Crippen molar-refractivity contribution < 1.29 is 38.4 Å². The van der Waals surface area contributed by atoms with Gasteiger partial charge in [0.1, 0.15) is 5.14 Å². The van der Waals surface area contributed by atoms with Gasteiger partial charge in [-0.3, -0.25) is 0 Å². The molecule has 0 aromatic heterocycles. The van der Waals surface area contributed by atoms with Crippen molar-refractivity contribution >= 4 is 101 Å². The molecule has 6 aromatic carbocycles. The number of hydrogen-bond donors (Lipinski definition) is 0. The molecule has 263 valence electrons. The van der Waals surface area contributed by atoms with Gasteiger partial charge >= 0.3 is 71.3 Å². The van der Waals surface area contributed by atoms with E-state index in [-0.39, 0.29) is 48.0 Å². The maximum absolute atomic E-state index is 16.6. The molecule has 0 N–H and O–H groups in total. The summed E-state index contributed by atoms with van der Waals surface area (Å²) in [5, 5.41) is 1.80. The van der Waals surface area contributed by atoms with Crippen molar-refractivity contribution in [1.29, 1.82) is 0 Å². The third kappa shape index (κ3) is 8.70. The minimum Gasteiger partial charge on any atom is -0.312 e. The molecule has 0 bridgehead atoms. The van der Waals surface area contributed by atoms with Gasteiger partial charge < -0.3 is 13.7 Å². The second-order valence-corrected chi connectivity index (χ2v) is 28.3. The molecule has 10 heteroatoms. The fourth-order valence-electron chi connectivity index (χ4n) is 6.28. The Balaban J connectivity index is 0.000000604. The average Bonchev–Trinajstić information content (AvgIpc) is 3.58. The van der Waals surface area contributed by atoms with Crippen molar-refractivity contribution in [2.75, 3.05) is 0 Å². The van der Waals surface area contributed by atoms with E-state index in [4.69, 9.17) is 0 Å². The molecule has 0 saturated heterocycles. The fourth-order valence-corrected chi connectivity index (χ4v) is 29.0. The van der Waals surface area contributed by atoms with Crippen LogP contribution in [0.1, 0.15) is 6.92 Å². The molecule has 0 radical (unpaired) electrons. The molecule has 1 aliphatic rings. The Morgan fingerprint density at radius 2 is 0.635 bits per heavy atom. The van der Waals surface area contributed by atoms with E-state index < -0.39 is 26.6 Å². The van der Waals surface area contributed by atoms with Crippen molar-refractivity contribution in [3.8, 4) is 0 Å². The monoisotopic (exact) mass is 1050 g/mol. The van der Waals surface area contributed by atoms with Crippen LogP contribution in [-0.4, -0.2) is 28.4 Å². The molecule has 1 heterocycles. The van der Waals surface area contributed by atoms with E-state index in [0.29, 0.717) is 31.8 Å². The quantitative estimate of drug-likeness (QED) is 0.108. The fraction of sp³-hybridized carbons (Fsp3) is 0.0476. The average molecular weight is 1060 g/mol. The summed E-state index contributed by atoms with van der Waals surface area (Å²) in [5.41, 5.74) is 0.